The Morgan fingerprint density at radius 2 is 1.96 bits per heavy atom. The lowest BCUT2D eigenvalue weighted by Crippen LogP contribution is -2.39. The van der Waals surface area contributed by atoms with Crippen LogP contribution in [0.5, 0.6) is 5.75 Å². The van der Waals surface area contributed by atoms with Gasteiger partial charge >= 0.3 is 0 Å². The molecule has 2 aromatic rings. The maximum absolute atomic E-state index is 13.7. The predicted molar refractivity (Wildman–Crippen MR) is 116 cm³/mol. The molecule has 1 unspecified atom stereocenters. The number of para-hydroxylation sites is 1. The van der Waals surface area contributed by atoms with Crippen LogP contribution in [0.2, 0.25) is 0 Å². The summed E-state index contributed by atoms with van der Waals surface area (Å²) >= 11 is 0. The average Bonchev–Trinajstić information content (AvgIpc) is 2.63. The molecule has 0 aliphatic heterocycles. The van der Waals surface area contributed by atoms with Crippen molar-refractivity contribution in [1.82, 2.24) is 10.6 Å². The summed E-state index contributed by atoms with van der Waals surface area (Å²) in [6.07, 6.45) is 0.818. The van der Waals surface area contributed by atoms with Gasteiger partial charge in [-0.25, -0.2) is 4.39 Å². The van der Waals surface area contributed by atoms with Crippen LogP contribution in [0.4, 0.5) is 4.39 Å². The van der Waals surface area contributed by atoms with Crippen LogP contribution in [0, 0.1) is 12.7 Å². The highest BCUT2D eigenvalue weighted by atomic mass is 127. The fraction of sp³-hybridized carbons (Fsp3) is 0.350. The van der Waals surface area contributed by atoms with E-state index in [0.717, 1.165) is 29.8 Å². The summed E-state index contributed by atoms with van der Waals surface area (Å²) in [5, 5.41) is 6.57. The van der Waals surface area contributed by atoms with Gasteiger partial charge in [-0.05, 0) is 49.1 Å². The lowest BCUT2D eigenvalue weighted by Gasteiger charge is -2.19. The monoisotopic (exact) mass is 471 g/mol. The third-order valence-corrected chi connectivity index (χ3v) is 4.15. The molecule has 0 aromatic heterocycles. The number of guanidine groups is 1. The van der Waals surface area contributed by atoms with E-state index in [1.54, 1.807) is 33.2 Å². The van der Waals surface area contributed by atoms with Gasteiger partial charge in [0.2, 0.25) is 0 Å². The van der Waals surface area contributed by atoms with Crippen LogP contribution in [0.15, 0.2) is 47.5 Å². The fourth-order valence-corrected chi connectivity index (χ4v) is 2.59. The van der Waals surface area contributed by atoms with Crippen molar-refractivity contribution < 1.29 is 9.13 Å². The third kappa shape index (κ3) is 6.16. The van der Waals surface area contributed by atoms with Crippen molar-refractivity contribution in [3.8, 4) is 5.75 Å². The van der Waals surface area contributed by atoms with Crippen LogP contribution < -0.4 is 15.4 Å². The predicted octanol–water partition coefficient (Wildman–Crippen LogP) is 4.23. The molecule has 0 bridgehead atoms. The van der Waals surface area contributed by atoms with Crippen molar-refractivity contribution in [2.45, 2.75) is 26.3 Å². The number of aliphatic imine (C=N–C) groups is 1. The van der Waals surface area contributed by atoms with E-state index < -0.39 is 0 Å². The Morgan fingerprint density at radius 3 is 2.62 bits per heavy atom. The summed E-state index contributed by atoms with van der Waals surface area (Å²) in [5.74, 6) is 1.38. The summed E-state index contributed by atoms with van der Waals surface area (Å²) < 4.78 is 19.1. The highest BCUT2D eigenvalue weighted by Gasteiger charge is 2.10. The number of hydrogen-bond acceptors (Lipinski definition) is 2. The number of benzene rings is 2. The van der Waals surface area contributed by atoms with Gasteiger partial charge in [0.05, 0.1) is 13.2 Å². The van der Waals surface area contributed by atoms with Crippen molar-refractivity contribution in [2.24, 2.45) is 4.99 Å². The minimum Gasteiger partial charge on any atom is -0.496 e. The highest BCUT2D eigenvalue weighted by molar-refractivity contribution is 14.0. The number of aryl methyl sites for hydroxylation is 1. The van der Waals surface area contributed by atoms with Crippen molar-refractivity contribution in [1.29, 1.82) is 0 Å². The minimum absolute atomic E-state index is 0. The van der Waals surface area contributed by atoms with Crippen molar-refractivity contribution in [3.05, 3.63) is 65.0 Å². The molecule has 0 heterocycles. The van der Waals surface area contributed by atoms with E-state index in [2.05, 4.69) is 21.7 Å². The zero-order chi connectivity index (χ0) is 18.2. The molecule has 0 radical (unpaired) electrons. The highest BCUT2D eigenvalue weighted by Crippen LogP contribution is 2.18. The Morgan fingerprint density at radius 1 is 1.23 bits per heavy atom. The Kier molecular flexibility index (Phi) is 9.40. The second-order valence-electron chi connectivity index (χ2n) is 5.94. The summed E-state index contributed by atoms with van der Waals surface area (Å²) in [6.45, 7) is 4.46. The Balaban J connectivity index is 0.00000338. The SMILES string of the molecule is CN=C(NCCc1ccccc1OC)NC(C)c1ccc(C)c(F)c1.I. The number of methoxy groups -OCH3 is 1. The third-order valence-electron chi connectivity index (χ3n) is 4.15. The molecule has 26 heavy (non-hydrogen) atoms. The van der Waals surface area contributed by atoms with Crippen LogP contribution >= 0.6 is 24.0 Å². The fourth-order valence-electron chi connectivity index (χ4n) is 2.59. The van der Waals surface area contributed by atoms with Gasteiger partial charge in [0.1, 0.15) is 11.6 Å². The molecule has 0 saturated carbocycles. The molecule has 0 aliphatic carbocycles. The molecular formula is C20H27FIN3O. The largest absolute Gasteiger partial charge is 0.496 e. The first kappa shape index (κ1) is 22.2. The molecular weight excluding hydrogens is 444 g/mol. The number of halogens is 2. The lowest BCUT2D eigenvalue weighted by molar-refractivity contribution is 0.409. The molecule has 6 heteroatoms. The zero-order valence-corrected chi connectivity index (χ0v) is 18.0. The molecule has 4 nitrogen and oxygen atoms in total. The van der Waals surface area contributed by atoms with E-state index in [0.29, 0.717) is 11.5 Å². The molecule has 2 aromatic carbocycles. The van der Waals surface area contributed by atoms with Gasteiger partial charge in [-0.15, -0.1) is 24.0 Å². The summed E-state index contributed by atoms with van der Waals surface area (Å²) in [6, 6.07) is 13.2. The van der Waals surface area contributed by atoms with Crippen molar-refractivity contribution in [3.63, 3.8) is 0 Å². The maximum atomic E-state index is 13.7. The second-order valence-corrected chi connectivity index (χ2v) is 5.94. The van der Waals surface area contributed by atoms with Crippen LogP contribution in [-0.4, -0.2) is 26.7 Å². The first-order valence-electron chi connectivity index (χ1n) is 8.40. The Labute approximate surface area is 172 Å². The number of nitrogens with one attached hydrogen (secondary N) is 2. The molecule has 2 N–H and O–H groups in total. The van der Waals surface area contributed by atoms with E-state index in [9.17, 15) is 4.39 Å². The van der Waals surface area contributed by atoms with Gasteiger partial charge in [-0.2, -0.15) is 0 Å². The molecule has 0 amide bonds. The topological polar surface area (TPSA) is 45.7 Å². The van der Waals surface area contributed by atoms with Crippen LogP contribution in [0.3, 0.4) is 0 Å². The van der Waals surface area contributed by atoms with E-state index in [-0.39, 0.29) is 35.8 Å². The van der Waals surface area contributed by atoms with Gasteiger partial charge in [0, 0.05) is 13.6 Å². The van der Waals surface area contributed by atoms with E-state index in [4.69, 9.17) is 4.74 Å². The number of ether oxygens (including phenoxy) is 1. The molecule has 1 atom stereocenters. The summed E-state index contributed by atoms with van der Waals surface area (Å²) in [4.78, 5) is 4.24. The van der Waals surface area contributed by atoms with E-state index in [1.807, 2.05) is 31.2 Å². The molecule has 142 valence electrons. The normalized spacial score (nSPS) is 12.1. The summed E-state index contributed by atoms with van der Waals surface area (Å²) in [5.41, 5.74) is 2.67. The number of nitrogens with zero attached hydrogens (tertiary/aromatic N) is 1. The van der Waals surface area contributed by atoms with Crippen molar-refractivity contribution >= 4 is 29.9 Å². The van der Waals surface area contributed by atoms with Gasteiger partial charge in [0.25, 0.3) is 0 Å². The average molecular weight is 471 g/mol. The van der Waals surface area contributed by atoms with Crippen molar-refractivity contribution in [2.75, 3.05) is 20.7 Å². The van der Waals surface area contributed by atoms with Crippen LogP contribution in [0.1, 0.15) is 29.7 Å². The zero-order valence-electron chi connectivity index (χ0n) is 15.7. The number of rotatable bonds is 6. The molecule has 0 spiro atoms. The molecule has 0 aliphatic rings. The van der Waals surface area contributed by atoms with Crippen LogP contribution in [0.25, 0.3) is 0 Å². The molecule has 2 rings (SSSR count). The van der Waals surface area contributed by atoms with Gasteiger partial charge in [0.15, 0.2) is 5.96 Å². The van der Waals surface area contributed by atoms with E-state index in [1.165, 1.54) is 0 Å². The maximum Gasteiger partial charge on any atom is 0.191 e. The quantitative estimate of drug-likeness (QED) is 0.377. The molecule has 0 saturated heterocycles. The minimum atomic E-state index is -0.190. The first-order chi connectivity index (χ1) is 12.0. The Hall–Kier alpha value is -1.83. The van der Waals surface area contributed by atoms with E-state index >= 15 is 0 Å². The smallest absolute Gasteiger partial charge is 0.191 e. The van der Waals surface area contributed by atoms with Gasteiger partial charge in [-0.1, -0.05) is 30.3 Å². The Bertz CT molecular complexity index is 737. The standard InChI is InChI=1S/C20H26FN3O.HI/c1-14-9-10-17(13-18(14)21)15(2)24-20(22-3)23-12-11-16-7-5-6-8-19(16)25-4;/h5-10,13,15H,11-12H2,1-4H3,(H2,22,23,24);1H. The summed E-state index contributed by atoms with van der Waals surface area (Å²) in [7, 11) is 3.40. The lowest BCUT2D eigenvalue weighted by atomic mass is 10.1. The van der Waals surface area contributed by atoms with Crippen LogP contribution in [-0.2, 0) is 6.42 Å². The van der Waals surface area contributed by atoms with Gasteiger partial charge < -0.3 is 15.4 Å². The first-order valence-corrected chi connectivity index (χ1v) is 8.40. The number of hydrogen-bond donors (Lipinski definition) is 2. The van der Waals surface area contributed by atoms with Gasteiger partial charge in [-0.3, -0.25) is 4.99 Å². The molecule has 0 fully saturated rings. The second kappa shape index (κ2) is 11.0.